The van der Waals surface area contributed by atoms with Crippen molar-refractivity contribution in [2.75, 3.05) is 23.8 Å². The van der Waals surface area contributed by atoms with Crippen LogP contribution in [0.15, 0.2) is 120 Å². The first-order chi connectivity index (χ1) is 19.6. The topological polar surface area (TPSA) is 76.7 Å². The monoisotopic (exact) mass is 546 g/mol. The van der Waals surface area contributed by atoms with E-state index in [1.807, 2.05) is 97.1 Å². The molecule has 0 fully saturated rings. The summed E-state index contributed by atoms with van der Waals surface area (Å²) >= 11 is 1.42. The van der Waals surface area contributed by atoms with E-state index >= 15 is 0 Å². The van der Waals surface area contributed by atoms with Crippen LogP contribution in [0.5, 0.6) is 11.5 Å². The van der Waals surface area contributed by atoms with Crippen LogP contribution in [-0.4, -0.2) is 25.0 Å². The van der Waals surface area contributed by atoms with E-state index in [9.17, 15) is 9.59 Å². The molecule has 0 saturated heterocycles. The van der Waals surface area contributed by atoms with Crippen LogP contribution in [0.2, 0.25) is 0 Å². The Morgan fingerprint density at radius 2 is 1.40 bits per heavy atom. The minimum absolute atomic E-state index is 0.168. The zero-order valence-corrected chi connectivity index (χ0v) is 22.3. The molecule has 5 aromatic carbocycles. The molecule has 1 aliphatic rings. The van der Waals surface area contributed by atoms with Crippen molar-refractivity contribution in [1.29, 1.82) is 0 Å². The summed E-state index contributed by atoms with van der Waals surface area (Å²) in [5, 5.41) is 7.59. The molecule has 2 N–H and O–H groups in total. The van der Waals surface area contributed by atoms with Gasteiger partial charge in [0.1, 0.15) is 18.5 Å². The first kappa shape index (κ1) is 25.5. The van der Waals surface area contributed by atoms with Gasteiger partial charge in [-0.25, -0.2) is 0 Å². The molecule has 198 valence electrons. The summed E-state index contributed by atoms with van der Waals surface area (Å²) in [5.41, 5.74) is 2.74. The van der Waals surface area contributed by atoms with E-state index in [0.29, 0.717) is 41.7 Å². The minimum Gasteiger partial charge on any atom is -0.486 e. The fraction of sp³-hybridized carbons (Fsp3) is 0.0909. The lowest BCUT2D eigenvalue weighted by atomic mass is 10.1. The molecular formula is C33H26N2O4S. The van der Waals surface area contributed by atoms with Gasteiger partial charge in [0.15, 0.2) is 11.5 Å². The van der Waals surface area contributed by atoms with Crippen LogP contribution in [0.1, 0.15) is 21.2 Å². The van der Waals surface area contributed by atoms with Gasteiger partial charge >= 0.3 is 0 Å². The zero-order chi connectivity index (χ0) is 27.3. The number of carbonyl (C=O) groups is 2. The second-order valence-corrected chi connectivity index (χ2v) is 10.5. The van der Waals surface area contributed by atoms with E-state index in [-0.39, 0.29) is 11.8 Å². The maximum atomic E-state index is 13.6. The van der Waals surface area contributed by atoms with Gasteiger partial charge in [0.25, 0.3) is 5.91 Å². The third kappa shape index (κ3) is 5.80. The number of benzene rings is 5. The Morgan fingerprint density at radius 1 is 0.650 bits per heavy atom. The van der Waals surface area contributed by atoms with Gasteiger partial charge in [-0.2, -0.15) is 0 Å². The molecule has 1 heterocycles. The van der Waals surface area contributed by atoms with E-state index < -0.39 is 5.25 Å². The van der Waals surface area contributed by atoms with Crippen LogP contribution in [0.3, 0.4) is 0 Å². The van der Waals surface area contributed by atoms with Gasteiger partial charge in [-0.3, -0.25) is 9.59 Å². The van der Waals surface area contributed by atoms with Gasteiger partial charge in [0.2, 0.25) is 5.91 Å². The third-order valence-electron chi connectivity index (χ3n) is 6.51. The fourth-order valence-corrected chi connectivity index (χ4v) is 5.63. The predicted molar refractivity (Wildman–Crippen MR) is 159 cm³/mol. The lowest BCUT2D eigenvalue weighted by Gasteiger charge is -2.20. The number of carbonyl (C=O) groups excluding carboxylic acids is 2. The van der Waals surface area contributed by atoms with Gasteiger partial charge in [0, 0.05) is 27.9 Å². The molecule has 0 radical (unpaired) electrons. The molecule has 0 bridgehead atoms. The summed E-state index contributed by atoms with van der Waals surface area (Å²) in [6, 6.07) is 36.2. The zero-order valence-electron chi connectivity index (χ0n) is 21.5. The Labute approximate surface area is 236 Å². The first-order valence-electron chi connectivity index (χ1n) is 12.9. The molecule has 1 aliphatic heterocycles. The highest BCUT2D eigenvalue weighted by Crippen LogP contribution is 2.38. The van der Waals surface area contributed by atoms with Crippen molar-refractivity contribution in [3.63, 3.8) is 0 Å². The van der Waals surface area contributed by atoms with Gasteiger partial charge in [0.05, 0.1) is 0 Å². The van der Waals surface area contributed by atoms with Crippen molar-refractivity contribution in [2.45, 2.75) is 10.1 Å². The van der Waals surface area contributed by atoms with Crippen molar-refractivity contribution in [1.82, 2.24) is 0 Å². The normalized spacial score (nSPS) is 12.9. The van der Waals surface area contributed by atoms with Crippen LogP contribution in [0.4, 0.5) is 11.4 Å². The maximum absolute atomic E-state index is 13.6. The smallest absolute Gasteiger partial charge is 0.255 e. The number of ether oxygens (including phenoxy) is 2. The number of anilines is 2. The highest BCUT2D eigenvalue weighted by Gasteiger charge is 2.23. The van der Waals surface area contributed by atoms with Gasteiger partial charge in [-0.15, -0.1) is 11.8 Å². The first-order valence-corrected chi connectivity index (χ1v) is 13.8. The Kier molecular flexibility index (Phi) is 7.37. The second-order valence-electron chi connectivity index (χ2n) is 9.30. The molecule has 0 saturated carbocycles. The molecule has 0 aromatic heterocycles. The summed E-state index contributed by atoms with van der Waals surface area (Å²) in [6.45, 7) is 0.980. The molecule has 7 heteroatoms. The predicted octanol–water partition coefficient (Wildman–Crippen LogP) is 7.34. The number of amides is 2. The average molecular weight is 547 g/mol. The van der Waals surface area contributed by atoms with E-state index in [1.54, 1.807) is 18.2 Å². The lowest BCUT2D eigenvalue weighted by molar-refractivity contribution is -0.115. The van der Waals surface area contributed by atoms with E-state index in [0.717, 1.165) is 21.2 Å². The fourth-order valence-electron chi connectivity index (χ4n) is 4.55. The van der Waals surface area contributed by atoms with Gasteiger partial charge in [-0.1, -0.05) is 66.7 Å². The van der Waals surface area contributed by atoms with Crippen molar-refractivity contribution >= 4 is 45.7 Å². The minimum atomic E-state index is -0.527. The van der Waals surface area contributed by atoms with Crippen molar-refractivity contribution in [3.05, 3.63) is 126 Å². The molecular weight excluding hydrogens is 520 g/mol. The lowest BCUT2D eigenvalue weighted by Crippen LogP contribution is -2.20. The number of rotatable bonds is 7. The van der Waals surface area contributed by atoms with Crippen LogP contribution < -0.4 is 20.1 Å². The van der Waals surface area contributed by atoms with Crippen LogP contribution in [0.25, 0.3) is 10.8 Å². The summed E-state index contributed by atoms with van der Waals surface area (Å²) in [6.07, 6.45) is 0. The Balaban J connectivity index is 1.20. The van der Waals surface area contributed by atoms with Crippen molar-refractivity contribution < 1.29 is 19.1 Å². The number of thioether (sulfide) groups is 1. The molecule has 2 amide bonds. The highest BCUT2D eigenvalue weighted by atomic mass is 32.2. The van der Waals surface area contributed by atoms with Crippen LogP contribution in [-0.2, 0) is 4.79 Å². The van der Waals surface area contributed by atoms with Crippen molar-refractivity contribution in [2.24, 2.45) is 0 Å². The molecule has 6 rings (SSSR count). The molecule has 6 nitrogen and oxygen atoms in total. The Morgan fingerprint density at radius 3 is 2.25 bits per heavy atom. The molecule has 0 spiro atoms. The molecule has 0 aliphatic carbocycles. The van der Waals surface area contributed by atoms with E-state index in [2.05, 4.69) is 10.6 Å². The standard InChI is InChI=1S/C33H26N2O4S/c36-32(25-14-13-22-7-4-5-10-24(22)19-25)34-26-11-6-12-28(20-26)40-31(23-8-2-1-3-9-23)33(37)35-27-15-16-29-30(21-27)39-18-17-38-29/h1-16,19-21,31H,17-18H2,(H,34,36)(H,35,37). The number of hydrogen-bond acceptors (Lipinski definition) is 5. The Bertz CT molecular complexity index is 1690. The van der Waals surface area contributed by atoms with Crippen molar-refractivity contribution in [3.8, 4) is 11.5 Å². The molecule has 1 atom stereocenters. The van der Waals surface area contributed by atoms with E-state index in [4.69, 9.17) is 9.47 Å². The van der Waals surface area contributed by atoms with E-state index in [1.165, 1.54) is 11.8 Å². The third-order valence-corrected chi connectivity index (χ3v) is 7.76. The van der Waals surface area contributed by atoms with Gasteiger partial charge in [-0.05, 0) is 58.8 Å². The summed E-state index contributed by atoms with van der Waals surface area (Å²) in [5.74, 6) is 0.922. The summed E-state index contributed by atoms with van der Waals surface area (Å²) < 4.78 is 11.3. The quantitative estimate of drug-likeness (QED) is 0.209. The molecule has 1 unspecified atom stereocenters. The number of fused-ring (bicyclic) bond motifs is 2. The summed E-state index contributed by atoms with van der Waals surface area (Å²) in [7, 11) is 0. The number of hydrogen-bond donors (Lipinski definition) is 2. The van der Waals surface area contributed by atoms with Crippen LogP contribution in [0, 0.1) is 0 Å². The SMILES string of the molecule is O=C(Nc1cccc(SC(C(=O)Nc2ccc3c(c2)OCCO3)c2ccccc2)c1)c1ccc2ccccc2c1. The number of nitrogens with one attached hydrogen (secondary N) is 2. The second kappa shape index (κ2) is 11.6. The highest BCUT2D eigenvalue weighted by molar-refractivity contribution is 8.00. The largest absolute Gasteiger partial charge is 0.486 e. The molecule has 5 aromatic rings. The van der Waals surface area contributed by atoms with Gasteiger partial charge < -0.3 is 20.1 Å². The Hall–Kier alpha value is -4.75. The average Bonchev–Trinajstić information content (AvgIpc) is 3.00. The summed E-state index contributed by atoms with van der Waals surface area (Å²) in [4.78, 5) is 27.4. The van der Waals surface area contributed by atoms with Crippen LogP contribution >= 0.6 is 11.8 Å². The maximum Gasteiger partial charge on any atom is 0.255 e. The molecule has 40 heavy (non-hydrogen) atoms.